The SMILES string of the molecule is CC(=O)O.CC(C)(C)NS(=O)(=O)c1ccccc1-c1ccc(NC(=O)C2(Nc3cccc(C(=N)N)c3)CCSCC2)cc1. The van der Waals surface area contributed by atoms with E-state index in [2.05, 4.69) is 15.4 Å². The summed E-state index contributed by atoms with van der Waals surface area (Å²) in [6, 6.07) is 21.3. The smallest absolute Gasteiger partial charge is 0.300 e. The first kappa shape index (κ1) is 33.6. The summed E-state index contributed by atoms with van der Waals surface area (Å²) in [6.45, 7) is 6.49. The first-order valence-corrected chi connectivity index (χ1v) is 16.3. The zero-order valence-electron chi connectivity index (χ0n) is 24.7. The molecule has 4 rings (SSSR count). The molecule has 1 amide bonds. The number of amidine groups is 1. The average molecular weight is 626 g/mol. The van der Waals surface area contributed by atoms with Crippen LogP contribution >= 0.6 is 11.8 Å². The van der Waals surface area contributed by atoms with Crippen molar-refractivity contribution in [2.75, 3.05) is 22.1 Å². The highest BCUT2D eigenvalue weighted by Gasteiger charge is 2.40. The third-order valence-electron chi connectivity index (χ3n) is 6.41. The van der Waals surface area contributed by atoms with E-state index in [1.54, 1.807) is 69.3 Å². The highest BCUT2D eigenvalue weighted by molar-refractivity contribution is 7.99. The summed E-state index contributed by atoms with van der Waals surface area (Å²) in [7, 11) is -3.74. The van der Waals surface area contributed by atoms with E-state index in [4.69, 9.17) is 21.0 Å². The molecule has 0 unspecified atom stereocenters. The van der Waals surface area contributed by atoms with Crippen LogP contribution in [0.25, 0.3) is 11.1 Å². The number of carboxylic acid groups (broad SMARTS) is 1. The predicted octanol–water partition coefficient (Wildman–Crippen LogP) is 5.12. The molecule has 0 atom stereocenters. The van der Waals surface area contributed by atoms with Gasteiger partial charge in [0, 0.05) is 35.0 Å². The molecule has 10 nitrogen and oxygen atoms in total. The molecule has 12 heteroatoms. The lowest BCUT2D eigenvalue weighted by Gasteiger charge is -2.37. The number of nitrogen functional groups attached to an aromatic ring is 1. The molecule has 7 N–H and O–H groups in total. The summed E-state index contributed by atoms with van der Waals surface area (Å²) in [6.07, 6.45) is 1.30. The van der Waals surface area contributed by atoms with Crippen LogP contribution in [-0.4, -0.2) is 53.8 Å². The molecule has 0 saturated carbocycles. The predicted molar refractivity (Wildman–Crippen MR) is 174 cm³/mol. The molecule has 3 aromatic carbocycles. The highest BCUT2D eigenvalue weighted by Crippen LogP contribution is 2.33. The number of benzene rings is 3. The average Bonchev–Trinajstić information content (AvgIpc) is 2.92. The summed E-state index contributed by atoms with van der Waals surface area (Å²) in [4.78, 5) is 22.8. The second-order valence-electron chi connectivity index (χ2n) is 11.2. The van der Waals surface area contributed by atoms with Gasteiger partial charge in [0.25, 0.3) is 5.97 Å². The Kier molecular flexibility index (Phi) is 11.0. The lowest BCUT2D eigenvalue weighted by Crippen LogP contribution is -2.52. The molecule has 230 valence electrons. The van der Waals surface area contributed by atoms with Crippen molar-refractivity contribution in [1.29, 1.82) is 5.41 Å². The molecule has 3 aromatic rings. The molecule has 1 saturated heterocycles. The lowest BCUT2D eigenvalue weighted by molar-refractivity contribution is -0.134. The molecule has 0 spiro atoms. The minimum atomic E-state index is -3.74. The highest BCUT2D eigenvalue weighted by atomic mass is 32.2. The van der Waals surface area contributed by atoms with Crippen molar-refractivity contribution >= 4 is 50.9 Å². The van der Waals surface area contributed by atoms with E-state index in [1.807, 2.05) is 36.0 Å². The van der Waals surface area contributed by atoms with Gasteiger partial charge in [-0.15, -0.1) is 0 Å². The van der Waals surface area contributed by atoms with Crippen LogP contribution in [0.1, 0.15) is 46.1 Å². The van der Waals surface area contributed by atoms with Crippen LogP contribution in [0, 0.1) is 5.41 Å². The van der Waals surface area contributed by atoms with E-state index in [-0.39, 0.29) is 16.6 Å². The Morgan fingerprint density at radius 3 is 2.14 bits per heavy atom. The van der Waals surface area contributed by atoms with E-state index in [0.717, 1.165) is 29.7 Å². The fraction of sp³-hybridized carbons (Fsp3) is 0.323. The van der Waals surface area contributed by atoms with Gasteiger partial charge in [-0.3, -0.25) is 15.0 Å². The number of carboxylic acids is 1. The number of thioether (sulfide) groups is 1. The fourth-order valence-corrected chi connectivity index (χ4v) is 7.39. The number of hydrogen-bond donors (Lipinski definition) is 6. The van der Waals surface area contributed by atoms with Gasteiger partial charge in [-0.1, -0.05) is 42.5 Å². The van der Waals surface area contributed by atoms with Crippen LogP contribution in [0.3, 0.4) is 0 Å². The Bertz CT molecular complexity index is 1560. The van der Waals surface area contributed by atoms with Crippen molar-refractivity contribution < 1.29 is 23.1 Å². The van der Waals surface area contributed by atoms with Crippen LogP contribution in [0.5, 0.6) is 0 Å². The van der Waals surface area contributed by atoms with Gasteiger partial charge in [0.15, 0.2) is 0 Å². The van der Waals surface area contributed by atoms with Crippen molar-refractivity contribution in [3.05, 3.63) is 78.4 Å². The number of nitrogens with two attached hydrogens (primary N) is 1. The number of carbonyl (C=O) groups excluding carboxylic acids is 1. The Labute approximate surface area is 257 Å². The van der Waals surface area contributed by atoms with Crippen molar-refractivity contribution in [2.24, 2.45) is 5.73 Å². The number of anilines is 2. The molecular weight excluding hydrogens is 587 g/mol. The number of carbonyl (C=O) groups is 2. The quantitative estimate of drug-likeness (QED) is 0.148. The third-order valence-corrected chi connectivity index (χ3v) is 9.21. The topological polar surface area (TPSA) is 174 Å². The fourth-order valence-electron chi connectivity index (χ4n) is 4.55. The summed E-state index contributed by atoms with van der Waals surface area (Å²) in [5.41, 5.74) is 7.50. The Balaban J connectivity index is 0.00000119. The molecule has 1 aliphatic heterocycles. The van der Waals surface area contributed by atoms with Gasteiger partial charge in [-0.25, -0.2) is 13.1 Å². The zero-order valence-corrected chi connectivity index (χ0v) is 26.4. The van der Waals surface area contributed by atoms with Crippen LogP contribution in [-0.2, 0) is 19.6 Å². The molecule has 0 bridgehead atoms. The zero-order chi connectivity index (χ0) is 31.8. The second-order valence-corrected chi connectivity index (χ2v) is 14.1. The maximum absolute atomic E-state index is 13.6. The molecule has 0 aromatic heterocycles. The van der Waals surface area contributed by atoms with Gasteiger partial charge in [0.05, 0.1) is 4.90 Å². The standard InChI is InChI=1S/C29H35N5O3S2.C2H4O2/c1-28(2,3)34-39(36,37)25-10-5-4-9-24(25)20-11-13-22(14-12-20)32-27(35)29(15-17-38-18-16-29)33-23-8-6-7-21(19-23)26(30)31;1-2(3)4/h4-14,19,33-34H,15-18H2,1-3H3,(H3,30,31)(H,32,35);1H3,(H,3,4). The maximum Gasteiger partial charge on any atom is 0.300 e. The summed E-state index contributed by atoms with van der Waals surface area (Å²) in [5, 5.41) is 21.6. The second kappa shape index (κ2) is 14.1. The van der Waals surface area contributed by atoms with Crippen molar-refractivity contribution in [3.8, 4) is 11.1 Å². The van der Waals surface area contributed by atoms with E-state index in [0.29, 0.717) is 29.7 Å². The monoisotopic (exact) mass is 625 g/mol. The van der Waals surface area contributed by atoms with Crippen LogP contribution < -0.4 is 21.1 Å². The third kappa shape index (κ3) is 9.57. The van der Waals surface area contributed by atoms with E-state index in [1.165, 1.54) is 0 Å². The number of amides is 1. The first-order valence-electron chi connectivity index (χ1n) is 13.7. The van der Waals surface area contributed by atoms with Gasteiger partial charge in [-0.2, -0.15) is 11.8 Å². The van der Waals surface area contributed by atoms with Gasteiger partial charge >= 0.3 is 0 Å². The lowest BCUT2D eigenvalue weighted by atomic mass is 9.90. The van der Waals surface area contributed by atoms with Gasteiger partial charge < -0.3 is 21.5 Å². The molecular formula is C31H39N5O5S2. The summed E-state index contributed by atoms with van der Waals surface area (Å²) in [5.74, 6) is 0.695. The van der Waals surface area contributed by atoms with E-state index >= 15 is 0 Å². The molecule has 0 aliphatic carbocycles. The van der Waals surface area contributed by atoms with Crippen molar-refractivity contribution in [2.45, 2.75) is 56.5 Å². The number of aliphatic carboxylic acids is 1. The minimum absolute atomic E-state index is 0.0278. The number of hydrogen-bond acceptors (Lipinski definition) is 7. The molecule has 1 fully saturated rings. The van der Waals surface area contributed by atoms with E-state index in [9.17, 15) is 13.2 Å². The van der Waals surface area contributed by atoms with Gasteiger partial charge in [0.2, 0.25) is 15.9 Å². The Morgan fingerprint density at radius 2 is 1.56 bits per heavy atom. The maximum atomic E-state index is 13.6. The van der Waals surface area contributed by atoms with Crippen LogP contribution in [0.2, 0.25) is 0 Å². The van der Waals surface area contributed by atoms with Crippen LogP contribution in [0.4, 0.5) is 11.4 Å². The number of sulfonamides is 1. The summed E-state index contributed by atoms with van der Waals surface area (Å²) >= 11 is 1.82. The van der Waals surface area contributed by atoms with Crippen molar-refractivity contribution in [3.63, 3.8) is 0 Å². The molecule has 1 aliphatic rings. The number of rotatable bonds is 8. The van der Waals surface area contributed by atoms with Crippen LogP contribution in [0.15, 0.2) is 77.7 Å². The van der Waals surface area contributed by atoms with Gasteiger partial charge in [-0.05, 0) is 81.0 Å². The van der Waals surface area contributed by atoms with Gasteiger partial charge in [0.1, 0.15) is 11.4 Å². The van der Waals surface area contributed by atoms with E-state index < -0.39 is 27.1 Å². The molecule has 43 heavy (non-hydrogen) atoms. The minimum Gasteiger partial charge on any atom is -0.481 e. The molecule has 0 radical (unpaired) electrons. The first-order chi connectivity index (χ1) is 20.1. The normalized spacial score (nSPS) is 14.5. The Morgan fingerprint density at radius 1 is 0.953 bits per heavy atom. The largest absolute Gasteiger partial charge is 0.481 e. The number of nitrogens with one attached hydrogen (secondary N) is 4. The Hall–Kier alpha value is -3.87. The molecule has 1 heterocycles. The summed E-state index contributed by atoms with van der Waals surface area (Å²) < 4.78 is 28.9. The van der Waals surface area contributed by atoms with Crippen molar-refractivity contribution in [1.82, 2.24) is 4.72 Å².